The molecule has 0 radical (unpaired) electrons. The van der Waals surface area contributed by atoms with Crippen LogP contribution in [0, 0.1) is 5.82 Å². The molecule has 0 saturated heterocycles. The van der Waals surface area contributed by atoms with Gasteiger partial charge in [-0.2, -0.15) is 15.0 Å². The predicted molar refractivity (Wildman–Crippen MR) is 77.2 cm³/mol. The number of benzene rings is 1. The van der Waals surface area contributed by atoms with Crippen molar-refractivity contribution in [1.82, 2.24) is 15.0 Å². The molecule has 0 amide bonds. The van der Waals surface area contributed by atoms with Crippen molar-refractivity contribution >= 4 is 17.8 Å². The maximum Gasteiger partial charge on any atom is 0.231 e. The van der Waals surface area contributed by atoms with Crippen molar-refractivity contribution in [2.45, 2.75) is 6.42 Å². The summed E-state index contributed by atoms with van der Waals surface area (Å²) in [6, 6.07) is 6.68. The second kappa shape index (κ2) is 6.14. The molecule has 0 aliphatic rings. The van der Waals surface area contributed by atoms with Crippen LogP contribution in [0.1, 0.15) is 5.56 Å². The van der Waals surface area contributed by atoms with Crippen molar-refractivity contribution in [1.29, 1.82) is 0 Å². The van der Waals surface area contributed by atoms with Crippen LogP contribution in [0.25, 0.3) is 0 Å². The molecule has 2 rings (SSSR count). The Hall–Kier alpha value is -2.44. The van der Waals surface area contributed by atoms with E-state index in [-0.39, 0.29) is 11.8 Å². The summed E-state index contributed by atoms with van der Waals surface area (Å²) in [5.41, 5.74) is 6.26. The van der Waals surface area contributed by atoms with Crippen LogP contribution in [0.2, 0.25) is 0 Å². The van der Waals surface area contributed by atoms with Gasteiger partial charge in [0.1, 0.15) is 5.82 Å². The minimum Gasteiger partial charge on any atom is -0.368 e. The third-order valence-electron chi connectivity index (χ3n) is 2.68. The highest BCUT2D eigenvalue weighted by Gasteiger charge is 2.06. The van der Waals surface area contributed by atoms with E-state index in [2.05, 4.69) is 20.3 Å². The van der Waals surface area contributed by atoms with E-state index >= 15 is 0 Å². The molecule has 0 aliphatic heterocycles. The number of aromatic nitrogens is 3. The van der Waals surface area contributed by atoms with Gasteiger partial charge in [0.25, 0.3) is 0 Å². The molecular weight excluding hydrogens is 259 g/mol. The lowest BCUT2D eigenvalue weighted by Gasteiger charge is -2.12. The number of rotatable bonds is 5. The van der Waals surface area contributed by atoms with Crippen LogP contribution in [-0.4, -0.2) is 35.6 Å². The molecule has 6 nitrogen and oxygen atoms in total. The first kappa shape index (κ1) is 14.0. The number of halogens is 1. The second-order valence-corrected chi connectivity index (χ2v) is 4.48. The lowest BCUT2D eigenvalue weighted by atomic mass is 10.1. The third kappa shape index (κ3) is 3.53. The van der Waals surface area contributed by atoms with E-state index in [1.807, 2.05) is 20.2 Å². The Kier molecular flexibility index (Phi) is 4.29. The maximum atomic E-state index is 13.5. The largest absolute Gasteiger partial charge is 0.368 e. The summed E-state index contributed by atoms with van der Waals surface area (Å²) in [4.78, 5) is 13.9. The summed E-state index contributed by atoms with van der Waals surface area (Å²) in [5.74, 6) is 0.805. The molecular formula is C13H17FN6. The van der Waals surface area contributed by atoms with Gasteiger partial charge in [0.05, 0.1) is 0 Å². The van der Waals surface area contributed by atoms with Crippen molar-refractivity contribution < 1.29 is 4.39 Å². The van der Waals surface area contributed by atoms with E-state index in [0.717, 1.165) is 0 Å². The van der Waals surface area contributed by atoms with Crippen molar-refractivity contribution in [2.75, 3.05) is 36.6 Å². The van der Waals surface area contributed by atoms with Crippen molar-refractivity contribution in [3.63, 3.8) is 0 Å². The smallest absolute Gasteiger partial charge is 0.231 e. The lowest BCUT2D eigenvalue weighted by Crippen LogP contribution is -2.17. The predicted octanol–water partition coefficient (Wildman–Crippen LogP) is 1.31. The highest BCUT2D eigenvalue weighted by molar-refractivity contribution is 5.40. The molecule has 2 aromatic rings. The van der Waals surface area contributed by atoms with Crippen molar-refractivity contribution in [3.8, 4) is 0 Å². The fraction of sp³-hybridized carbons (Fsp3) is 0.308. The summed E-state index contributed by atoms with van der Waals surface area (Å²) in [6.07, 6.45) is 0.537. The number of hydrogen-bond donors (Lipinski definition) is 2. The van der Waals surface area contributed by atoms with Crippen LogP contribution >= 0.6 is 0 Å². The van der Waals surface area contributed by atoms with Gasteiger partial charge in [0.15, 0.2) is 0 Å². The van der Waals surface area contributed by atoms with Gasteiger partial charge >= 0.3 is 0 Å². The summed E-state index contributed by atoms with van der Waals surface area (Å²) < 4.78 is 13.5. The molecule has 1 aromatic carbocycles. The number of anilines is 3. The Bertz CT molecular complexity index is 587. The summed E-state index contributed by atoms with van der Waals surface area (Å²) >= 11 is 0. The van der Waals surface area contributed by atoms with Crippen molar-refractivity contribution in [2.24, 2.45) is 0 Å². The van der Waals surface area contributed by atoms with Gasteiger partial charge in [-0.05, 0) is 18.1 Å². The molecule has 1 heterocycles. The zero-order chi connectivity index (χ0) is 14.5. The molecule has 7 heteroatoms. The van der Waals surface area contributed by atoms with E-state index in [1.54, 1.807) is 17.0 Å². The quantitative estimate of drug-likeness (QED) is 0.857. The Morgan fingerprint density at radius 2 is 1.95 bits per heavy atom. The van der Waals surface area contributed by atoms with Crippen LogP contribution in [0.3, 0.4) is 0 Å². The van der Waals surface area contributed by atoms with Crippen LogP contribution in [0.5, 0.6) is 0 Å². The molecule has 0 spiro atoms. The highest BCUT2D eigenvalue weighted by Crippen LogP contribution is 2.10. The molecule has 0 fully saturated rings. The Balaban J connectivity index is 1.99. The minimum atomic E-state index is -0.210. The number of hydrogen-bond acceptors (Lipinski definition) is 6. The first-order chi connectivity index (χ1) is 9.56. The molecule has 0 saturated carbocycles. The van der Waals surface area contributed by atoms with Gasteiger partial charge in [0.2, 0.25) is 17.8 Å². The highest BCUT2D eigenvalue weighted by atomic mass is 19.1. The third-order valence-corrected chi connectivity index (χ3v) is 2.68. The van der Waals surface area contributed by atoms with E-state index in [4.69, 9.17) is 5.73 Å². The molecule has 0 aliphatic carbocycles. The van der Waals surface area contributed by atoms with Gasteiger partial charge in [0, 0.05) is 20.6 Å². The van der Waals surface area contributed by atoms with Crippen LogP contribution < -0.4 is 16.0 Å². The number of nitrogens with one attached hydrogen (secondary N) is 1. The number of nitrogens with two attached hydrogens (primary N) is 1. The minimum absolute atomic E-state index is 0.150. The number of nitrogen functional groups attached to an aromatic ring is 1. The van der Waals surface area contributed by atoms with Gasteiger partial charge in [-0.15, -0.1) is 0 Å². The average Bonchev–Trinajstić information content (AvgIpc) is 2.40. The fourth-order valence-electron chi connectivity index (χ4n) is 1.67. The number of nitrogens with zero attached hydrogens (tertiary/aromatic N) is 4. The SMILES string of the molecule is CN(C)c1nc(N)nc(NCCc2ccccc2F)n1. The van der Waals surface area contributed by atoms with Gasteiger partial charge in [-0.3, -0.25) is 0 Å². The van der Waals surface area contributed by atoms with Crippen LogP contribution in [0.15, 0.2) is 24.3 Å². The standard InChI is InChI=1S/C13H17FN6/c1-20(2)13-18-11(15)17-12(19-13)16-8-7-9-5-3-4-6-10(9)14/h3-6H,7-8H2,1-2H3,(H3,15,16,17,18,19). The zero-order valence-corrected chi connectivity index (χ0v) is 11.5. The van der Waals surface area contributed by atoms with Gasteiger partial charge in [-0.25, -0.2) is 4.39 Å². The zero-order valence-electron chi connectivity index (χ0n) is 11.5. The summed E-state index contributed by atoms with van der Waals surface area (Å²) in [6.45, 7) is 0.511. The Labute approximate surface area is 116 Å². The Morgan fingerprint density at radius 1 is 1.20 bits per heavy atom. The maximum absolute atomic E-state index is 13.5. The van der Waals surface area contributed by atoms with E-state index in [1.165, 1.54) is 6.07 Å². The van der Waals surface area contributed by atoms with E-state index in [9.17, 15) is 4.39 Å². The topological polar surface area (TPSA) is 80.0 Å². The van der Waals surface area contributed by atoms with Crippen LogP contribution in [-0.2, 0) is 6.42 Å². The first-order valence-electron chi connectivity index (χ1n) is 6.22. The van der Waals surface area contributed by atoms with E-state index in [0.29, 0.717) is 30.4 Å². The lowest BCUT2D eigenvalue weighted by molar-refractivity contribution is 0.610. The summed E-state index contributed by atoms with van der Waals surface area (Å²) in [5, 5.41) is 3.02. The van der Waals surface area contributed by atoms with Gasteiger partial charge < -0.3 is 16.0 Å². The molecule has 0 unspecified atom stereocenters. The monoisotopic (exact) mass is 276 g/mol. The summed E-state index contributed by atoms with van der Waals surface area (Å²) in [7, 11) is 3.63. The molecule has 3 N–H and O–H groups in total. The molecule has 0 atom stereocenters. The molecule has 20 heavy (non-hydrogen) atoms. The average molecular weight is 276 g/mol. The second-order valence-electron chi connectivity index (χ2n) is 4.48. The van der Waals surface area contributed by atoms with Gasteiger partial charge in [-0.1, -0.05) is 18.2 Å². The molecule has 106 valence electrons. The normalized spacial score (nSPS) is 10.3. The Morgan fingerprint density at radius 3 is 2.65 bits per heavy atom. The van der Waals surface area contributed by atoms with Crippen molar-refractivity contribution in [3.05, 3.63) is 35.6 Å². The molecule has 0 bridgehead atoms. The fourth-order valence-corrected chi connectivity index (χ4v) is 1.67. The van der Waals surface area contributed by atoms with E-state index < -0.39 is 0 Å². The first-order valence-corrected chi connectivity index (χ1v) is 6.22. The van der Waals surface area contributed by atoms with Crippen LogP contribution in [0.4, 0.5) is 22.2 Å². The molecule has 1 aromatic heterocycles.